The molecule has 0 spiro atoms. The van der Waals surface area contributed by atoms with Crippen molar-refractivity contribution in [1.82, 2.24) is 16.0 Å². The molecule has 1 heterocycles. The molecule has 1 aromatic rings. The van der Waals surface area contributed by atoms with Gasteiger partial charge in [-0.05, 0) is 44.0 Å². The number of halogens is 2. The molecule has 0 aromatic heterocycles. The van der Waals surface area contributed by atoms with Crippen molar-refractivity contribution in [2.24, 2.45) is 0 Å². The molecule has 5 nitrogen and oxygen atoms in total. The molecule has 3 atom stereocenters. The molecule has 1 fully saturated rings. The molecule has 3 N–H and O–H groups in total. The molecule has 0 aliphatic carbocycles. The number of amides is 2. The molecule has 1 saturated heterocycles. The smallest absolute Gasteiger partial charge is 0.222 e. The van der Waals surface area contributed by atoms with E-state index in [1.54, 1.807) is 12.1 Å². The van der Waals surface area contributed by atoms with Crippen LogP contribution in [0.5, 0.6) is 0 Å². The van der Waals surface area contributed by atoms with Crippen LogP contribution in [0.2, 0.25) is 5.02 Å². The summed E-state index contributed by atoms with van der Waals surface area (Å²) in [5, 5.41) is 9.90. The first kappa shape index (κ1) is 20.7. The topological polar surface area (TPSA) is 70.2 Å². The number of rotatable bonds is 5. The first-order chi connectivity index (χ1) is 11.0. The highest BCUT2D eigenvalue weighted by Crippen LogP contribution is 2.20. The zero-order chi connectivity index (χ0) is 16.8. The number of carbonyl (C=O) groups excluding carboxylic acids is 2. The Balaban J connectivity index is 0.00000288. The second-order valence-electron chi connectivity index (χ2n) is 6.07. The van der Waals surface area contributed by atoms with Gasteiger partial charge in [0.2, 0.25) is 11.8 Å². The second kappa shape index (κ2) is 9.87. The summed E-state index contributed by atoms with van der Waals surface area (Å²) < 4.78 is 0. The first-order valence-electron chi connectivity index (χ1n) is 8.01. The minimum atomic E-state index is -0.350. The van der Waals surface area contributed by atoms with Gasteiger partial charge in [-0.2, -0.15) is 0 Å². The SMILES string of the molecule is CC(=O)NC(CC(=O)NC1CCCNC1C)c1ccc(Cl)cc1.Cl. The van der Waals surface area contributed by atoms with Crippen LogP contribution < -0.4 is 16.0 Å². The molecule has 24 heavy (non-hydrogen) atoms. The predicted octanol–water partition coefficient (Wildman–Crippen LogP) is 2.59. The Morgan fingerprint density at radius 2 is 2.00 bits per heavy atom. The van der Waals surface area contributed by atoms with Gasteiger partial charge in [0.1, 0.15) is 0 Å². The summed E-state index contributed by atoms with van der Waals surface area (Å²) in [5.41, 5.74) is 0.870. The van der Waals surface area contributed by atoms with Crippen molar-refractivity contribution in [1.29, 1.82) is 0 Å². The van der Waals surface area contributed by atoms with Crippen LogP contribution in [-0.2, 0) is 9.59 Å². The Bertz CT molecular complexity index is 551. The Morgan fingerprint density at radius 1 is 1.33 bits per heavy atom. The first-order valence-corrected chi connectivity index (χ1v) is 8.39. The van der Waals surface area contributed by atoms with E-state index in [9.17, 15) is 9.59 Å². The van der Waals surface area contributed by atoms with Crippen molar-refractivity contribution in [2.45, 2.75) is 51.2 Å². The van der Waals surface area contributed by atoms with Crippen molar-refractivity contribution < 1.29 is 9.59 Å². The van der Waals surface area contributed by atoms with E-state index in [0.717, 1.165) is 24.9 Å². The van der Waals surface area contributed by atoms with E-state index in [0.29, 0.717) is 5.02 Å². The van der Waals surface area contributed by atoms with Crippen molar-refractivity contribution in [2.75, 3.05) is 6.54 Å². The maximum Gasteiger partial charge on any atom is 0.222 e. The van der Waals surface area contributed by atoms with E-state index in [1.165, 1.54) is 6.92 Å². The van der Waals surface area contributed by atoms with Crippen LogP contribution in [0.25, 0.3) is 0 Å². The number of nitrogens with one attached hydrogen (secondary N) is 3. The standard InChI is InChI=1S/C17H24ClN3O2.ClH/c1-11-15(4-3-9-19-11)21-17(23)10-16(20-12(2)22)13-5-7-14(18)8-6-13;/h5-8,11,15-16,19H,3-4,9-10H2,1-2H3,(H,20,22)(H,21,23);1H. The highest BCUT2D eigenvalue weighted by Gasteiger charge is 2.24. The third-order valence-electron chi connectivity index (χ3n) is 4.15. The normalized spacial score (nSPS) is 21.3. The summed E-state index contributed by atoms with van der Waals surface area (Å²) in [7, 11) is 0. The molecule has 2 amide bonds. The summed E-state index contributed by atoms with van der Waals surface area (Å²) >= 11 is 5.90. The predicted molar refractivity (Wildman–Crippen MR) is 98.5 cm³/mol. The molecule has 1 aromatic carbocycles. The number of carbonyl (C=O) groups is 2. The van der Waals surface area contributed by atoms with Gasteiger partial charge in [0.05, 0.1) is 12.5 Å². The van der Waals surface area contributed by atoms with Crippen LogP contribution in [0, 0.1) is 0 Å². The fourth-order valence-corrected chi connectivity index (χ4v) is 3.01. The molecule has 1 aliphatic rings. The highest BCUT2D eigenvalue weighted by atomic mass is 35.5. The molecule has 0 radical (unpaired) electrons. The van der Waals surface area contributed by atoms with Crippen LogP contribution >= 0.6 is 24.0 Å². The summed E-state index contributed by atoms with van der Waals surface area (Å²) in [6, 6.07) is 7.24. The van der Waals surface area contributed by atoms with Crippen molar-refractivity contribution in [3.05, 3.63) is 34.9 Å². The molecule has 7 heteroatoms. The van der Waals surface area contributed by atoms with Crippen molar-refractivity contribution >= 4 is 35.8 Å². The second-order valence-corrected chi connectivity index (χ2v) is 6.50. The minimum Gasteiger partial charge on any atom is -0.352 e. The third kappa shape index (κ3) is 6.30. The van der Waals surface area contributed by atoms with E-state index in [2.05, 4.69) is 22.9 Å². The average molecular weight is 374 g/mol. The van der Waals surface area contributed by atoms with Crippen LogP contribution in [0.4, 0.5) is 0 Å². The van der Waals surface area contributed by atoms with Crippen LogP contribution in [0.15, 0.2) is 24.3 Å². The van der Waals surface area contributed by atoms with E-state index >= 15 is 0 Å². The van der Waals surface area contributed by atoms with Gasteiger partial charge in [0.15, 0.2) is 0 Å². The van der Waals surface area contributed by atoms with Crippen LogP contribution in [-0.4, -0.2) is 30.4 Å². The van der Waals surface area contributed by atoms with E-state index in [-0.39, 0.29) is 48.8 Å². The Labute approximate surface area is 154 Å². The lowest BCUT2D eigenvalue weighted by Crippen LogP contribution is -2.52. The van der Waals surface area contributed by atoms with E-state index in [4.69, 9.17) is 11.6 Å². The fraction of sp³-hybridized carbons (Fsp3) is 0.529. The van der Waals surface area contributed by atoms with Gasteiger partial charge >= 0.3 is 0 Å². The summed E-state index contributed by atoms with van der Waals surface area (Å²) in [6.45, 7) is 4.52. The monoisotopic (exact) mass is 373 g/mol. The number of hydrogen-bond acceptors (Lipinski definition) is 3. The number of hydrogen-bond donors (Lipinski definition) is 3. The molecule has 2 rings (SSSR count). The lowest BCUT2D eigenvalue weighted by Gasteiger charge is -2.31. The zero-order valence-corrected chi connectivity index (χ0v) is 15.5. The zero-order valence-electron chi connectivity index (χ0n) is 14.0. The van der Waals surface area contributed by atoms with Gasteiger partial charge < -0.3 is 16.0 Å². The fourth-order valence-electron chi connectivity index (χ4n) is 2.88. The maximum absolute atomic E-state index is 12.4. The molecule has 0 saturated carbocycles. The summed E-state index contributed by atoms with van der Waals surface area (Å²) in [5.74, 6) is -0.218. The Hall–Kier alpha value is -1.30. The van der Waals surface area contributed by atoms with Gasteiger partial charge in [-0.15, -0.1) is 12.4 Å². The van der Waals surface area contributed by atoms with Gasteiger partial charge in [-0.3, -0.25) is 9.59 Å². The van der Waals surface area contributed by atoms with E-state index in [1.807, 2.05) is 12.1 Å². The largest absolute Gasteiger partial charge is 0.352 e. The Morgan fingerprint density at radius 3 is 2.58 bits per heavy atom. The van der Waals surface area contributed by atoms with Gasteiger partial charge in [-0.25, -0.2) is 0 Å². The molecule has 0 bridgehead atoms. The summed E-state index contributed by atoms with van der Waals surface area (Å²) in [6.07, 6.45) is 2.25. The van der Waals surface area contributed by atoms with Gasteiger partial charge in [0.25, 0.3) is 0 Å². The minimum absolute atomic E-state index is 0. The van der Waals surface area contributed by atoms with Crippen molar-refractivity contribution in [3.63, 3.8) is 0 Å². The molecular weight excluding hydrogens is 349 g/mol. The number of benzene rings is 1. The van der Waals surface area contributed by atoms with E-state index < -0.39 is 0 Å². The molecular formula is C17H25Cl2N3O2. The highest BCUT2D eigenvalue weighted by molar-refractivity contribution is 6.30. The van der Waals surface area contributed by atoms with Crippen LogP contribution in [0.1, 0.15) is 44.7 Å². The lowest BCUT2D eigenvalue weighted by atomic mass is 9.98. The molecule has 3 unspecified atom stereocenters. The quantitative estimate of drug-likeness (QED) is 0.742. The third-order valence-corrected chi connectivity index (χ3v) is 4.40. The molecule has 134 valence electrons. The summed E-state index contributed by atoms with van der Waals surface area (Å²) in [4.78, 5) is 23.8. The van der Waals surface area contributed by atoms with Gasteiger partial charge in [0, 0.05) is 24.0 Å². The Kier molecular flexibility index (Phi) is 8.53. The maximum atomic E-state index is 12.4. The van der Waals surface area contributed by atoms with Crippen molar-refractivity contribution in [3.8, 4) is 0 Å². The van der Waals surface area contributed by atoms with Crippen LogP contribution in [0.3, 0.4) is 0 Å². The van der Waals surface area contributed by atoms with Gasteiger partial charge in [-0.1, -0.05) is 23.7 Å². The number of piperidine rings is 1. The lowest BCUT2D eigenvalue weighted by molar-refractivity contribution is -0.123. The molecule has 1 aliphatic heterocycles. The average Bonchev–Trinajstić information content (AvgIpc) is 2.49.